The fourth-order valence-electron chi connectivity index (χ4n) is 5.79. The largest absolute Gasteiger partial charge is 0.485 e. The Morgan fingerprint density at radius 1 is 1.15 bits per heavy atom. The van der Waals surface area contributed by atoms with Gasteiger partial charge in [-0.25, -0.2) is 13.8 Å². The van der Waals surface area contributed by atoms with Crippen LogP contribution in [0.25, 0.3) is 11.5 Å². The summed E-state index contributed by atoms with van der Waals surface area (Å²) in [6.45, 7) is 3.11. The number of aryl methyl sites for hydroxylation is 2. The normalized spacial score (nSPS) is 21.4. The van der Waals surface area contributed by atoms with Crippen molar-refractivity contribution in [2.45, 2.75) is 51.2 Å². The van der Waals surface area contributed by atoms with Crippen LogP contribution < -0.4 is 15.9 Å². The highest BCUT2D eigenvalue weighted by Crippen LogP contribution is 2.61. The molecule has 0 radical (unpaired) electrons. The topological polar surface area (TPSA) is 99.2 Å². The molecule has 6 rings (SSSR count). The van der Waals surface area contributed by atoms with Crippen LogP contribution in [0.15, 0.2) is 58.5 Å². The Bertz CT molecular complexity index is 1790. The lowest BCUT2D eigenvalue weighted by molar-refractivity contribution is -0.182. The molecule has 0 aromatic carbocycles. The molecular formula is C29H25ClF2N4O4. The quantitative estimate of drug-likeness (QED) is 0.368. The average molecular weight is 567 g/mol. The van der Waals surface area contributed by atoms with Crippen molar-refractivity contribution in [3.63, 3.8) is 0 Å². The highest BCUT2D eigenvalue weighted by molar-refractivity contribution is 6.31. The van der Waals surface area contributed by atoms with Gasteiger partial charge in [-0.1, -0.05) is 17.7 Å². The summed E-state index contributed by atoms with van der Waals surface area (Å²) in [5.74, 6) is -1.21. The molecule has 4 aromatic heterocycles. The number of halogens is 3. The summed E-state index contributed by atoms with van der Waals surface area (Å²) in [4.78, 5) is 35.0. The summed E-state index contributed by atoms with van der Waals surface area (Å²) < 4.78 is 35.5. The lowest BCUT2D eigenvalue weighted by atomic mass is 9.48. The highest BCUT2D eigenvalue weighted by atomic mass is 35.5. The van der Waals surface area contributed by atoms with E-state index in [1.807, 2.05) is 0 Å². The van der Waals surface area contributed by atoms with Crippen molar-refractivity contribution in [3.05, 3.63) is 109 Å². The number of hydrogen-bond acceptors (Lipinski definition) is 6. The Hall–Kier alpha value is -3.89. The molecule has 206 valence electrons. The molecule has 40 heavy (non-hydrogen) atoms. The third-order valence-electron chi connectivity index (χ3n) is 8.11. The smallest absolute Gasteiger partial charge is 0.277 e. The van der Waals surface area contributed by atoms with Gasteiger partial charge in [0.1, 0.15) is 34.7 Å². The van der Waals surface area contributed by atoms with E-state index in [0.29, 0.717) is 40.8 Å². The first-order valence-electron chi connectivity index (χ1n) is 12.8. The Morgan fingerprint density at radius 2 is 1.95 bits per heavy atom. The fourth-order valence-corrected chi connectivity index (χ4v) is 5.99. The van der Waals surface area contributed by atoms with E-state index in [4.69, 9.17) is 16.3 Å². The van der Waals surface area contributed by atoms with E-state index >= 15 is 0 Å². The van der Waals surface area contributed by atoms with Crippen molar-refractivity contribution < 1.29 is 18.6 Å². The van der Waals surface area contributed by atoms with Gasteiger partial charge in [0.25, 0.3) is 11.1 Å². The minimum Gasteiger partial charge on any atom is -0.485 e. The van der Waals surface area contributed by atoms with E-state index in [-0.39, 0.29) is 40.5 Å². The van der Waals surface area contributed by atoms with Crippen LogP contribution in [-0.4, -0.2) is 29.8 Å². The lowest BCUT2D eigenvalue weighted by Crippen LogP contribution is -2.60. The summed E-state index contributed by atoms with van der Waals surface area (Å²) in [5, 5.41) is 10.2. The van der Waals surface area contributed by atoms with Gasteiger partial charge in [0.05, 0.1) is 17.5 Å². The van der Waals surface area contributed by atoms with Gasteiger partial charge in [-0.2, -0.15) is 0 Å². The molecule has 3 unspecified atom stereocenters. The van der Waals surface area contributed by atoms with Crippen molar-refractivity contribution >= 4 is 11.6 Å². The van der Waals surface area contributed by atoms with E-state index < -0.39 is 22.8 Å². The fraction of sp³-hybridized carbons (Fsp3) is 0.310. The number of hydrogen-bond donors (Lipinski definition) is 1. The minimum absolute atomic E-state index is 0.0124. The molecule has 0 saturated heterocycles. The van der Waals surface area contributed by atoms with Gasteiger partial charge < -0.3 is 9.84 Å². The molecule has 1 N–H and O–H groups in total. The first kappa shape index (κ1) is 26.3. The second-order valence-corrected chi connectivity index (χ2v) is 10.9. The van der Waals surface area contributed by atoms with Crippen molar-refractivity contribution in [1.29, 1.82) is 0 Å². The maximum Gasteiger partial charge on any atom is 0.277 e. The van der Waals surface area contributed by atoms with Gasteiger partial charge in [-0.05, 0) is 56.6 Å². The lowest BCUT2D eigenvalue weighted by Gasteiger charge is -2.60. The summed E-state index contributed by atoms with van der Waals surface area (Å²) in [7, 11) is 0. The Morgan fingerprint density at radius 3 is 2.62 bits per heavy atom. The van der Waals surface area contributed by atoms with Crippen LogP contribution in [0.4, 0.5) is 8.78 Å². The standard InChI is InChI=1S/C29H25ClF2N4O4/c1-15-12-34-25(35-7-3-4-18(27(35)37)19-11-29(39)6-5-20(19)29)10-23(15)36-16(2)8-24(26(30)28(36)38)40-14-22-21(32)9-17(31)13-33-22/h3-4,7-10,12-13,19-20,39H,5-6,11,14H2,1-2H3. The molecule has 0 bridgehead atoms. The first-order chi connectivity index (χ1) is 19.1. The van der Waals surface area contributed by atoms with Gasteiger partial charge in [0.2, 0.25) is 0 Å². The molecule has 0 aliphatic heterocycles. The summed E-state index contributed by atoms with van der Waals surface area (Å²) in [5.41, 5.74) is 0.694. The van der Waals surface area contributed by atoms with E-state index in [0.717, 1.165) is 19.0 Å². The molecule has 8 nitrogen and oxygen atoms in total. The maximum absolute atomic E-state index is 14.0. The molecule has 4 aromatic rings. The zero-order chi connectivity index (χ0) is 28.3. The van der Waals surface area contributed by atoms with E-state index in [1.54, 1.807) is 44.4 Å². The van der Waals surface area contributed by atoms with Gasteiger partial charge in [0.15, 0.2) is 5.82 Å². The number of ether oxygens (including phenoxy) is 1. The van der Waals surface area contributed by atoms with Crippen LogP contribution in [0.5, 0.6) is 5.75 Å². The summed E-state index contributed by atoms with van der Waals surface area (Å²) >= 11 is 6.38. The Labute approximate surface area is 232 Å². The third-order valence-corrected chi connectivity index (χ3v) is 8.46. The molecule has 2 fully saturated rings. The van der Waals surface area contributed by atoms with Gasteiger partial charge in [-0.15, -0.1) is 0 Å². The molecule has 2 aliphatic carbocycles. The zero-order valence-corrected chi connectivity index (χ0v) is 22.5. The van der Waals surface area contributed by atoms with Crippen LogP contribution in [0.1, 0.15) is 47.7 Å². The molecule has 11 heteroatoms. The number of nitrogens with zero attached hydrogens (tertiary/aromatic N) is 4. The van der Waals surface area contributed by atoms with Crippen LogP contribution >= 0.6 is 11.6 Å². The van der Waals surface area contributed by atoms with Crippen molar-refractivity contribution in [3.8, 4) is 17.3 Å². The van der Waals surface area contributed by atoms with E-state index in [1.165, 1.54) is 15.2 Å². The molecule has 2 aliphatic rings. The van der Waals surface area contributed by atoms with E-state index in [2.05, 4.69) is 9.97 Å². The predicted molar refractivity (Wildman–Crippen MR) is 143 cm³/mol. The van der Waals surface area contributed by atoms with Crippen LogP contribution in [-0.2, 0) is 6.61 Å². The number of aromatic nitrogens is 4. The number of fused-ring (bicyclic) bond motifs is 1. The minimum atomic E-state index is -0.874. The van der Waals surface area contributed by atoms with Crippen LogP contribution in [0.3, 0.4) is 0 Å². The molecule has 3 atom stereocenters. The van der Waals surface area contributed by atoms with E-state index in [9.17, 15) is 23.5 Å². The van der Waals surface area contributed by atoms with Gasteiger partial charge in [0, 0.05) is 41.9 Å². The second-order valence-electron chi connectivity index (χ2n) is 10.5. The SMILES string of the molecule is Cc1cnc(-n2cccc(C3CC4(O)CCC34)c2=O)cc1-n1c(C)cc(OCc2ncc(F)cc2F)c(Cl)c1=O. The Balaban J connectivity index is 1.34. The zero-order valence-electron chi connectivity index (χ0n) is 21.7. The molecule has 0 spiro atoms. The molecular weight excluding hydrogens is 542 g/mol. The summed E-state index contributed by atoms with van der Waals surface area (Å²) in [6, 6.07) is 7.46. The van der Waals surface area contributed by atoms with Gasteiger partial charge in [-0.3, -0.25) is 23.7 Å². The van der Waals surface area contributed by atoms with Crippen LogP contribution in [0, 0.1) is 31.4 Å². The monoisotopic (exact) mass is 566 g/mol. The molecule has 2 saturated carbocycles. The van der Waals surface area contributed by atoms with Crippen molar-refractivity contribution in [1.82, 2.24) is 19.1 Å². The average Bonchev–Trinajstić information content (AvgIpc) is 2.91. The highest BCUT2D eigenvalue weighted by Gasteiger charge is 2.59. The molecule has 0 amide bonds. The Kier molecular flexibility index (Phi) is 6.35. The van der Waals surface area contributed by atoms with Crippen molar-refractivity contribution in [2.75, 3.05) is 0 Å². The number of aliphatic hydroxyl groups is 1. The van der Waals surface area contributed by atoms with Gasteiger partial charge >= 0.3 is 0 Å². The number of rotatable bonds is 6. The third kappa shape index (κ3) is 4.22. The van der Waals surface area contributed by atoms with Crippen molar-refractivity contribution in [2.24, 2.45) is 5.92 Å². The maximum atomic E-state index is 14.0. The molecule has 4 heterocycles. The summed E-state index contributed by atoms with van der Waals surface area (Å²) in [6.07, 6.45) is 6.33. The van der Waals surface area contributed by atoms with Crippen LogP contribution in [0.2, 0.25) is 5.02 Å². The second kappa shape index (κ2) is 9.64. The predicted octanol–water partition coefficient (Wildman–Crippen LogP) is 4.53. The first-order valence-corrected chi connectivity index (χ1v) is 13.2. The number of pyridine rings is 4.